The lowest BCUT2D eigenvalue weighted by Gasteiger charge is -2.64. The van der Waals surface area contributed by atoms with Crippen LogP contribution in [0.2, 0.25) is 0 Å². The van der Waals surface area contributed by atoms with E-state index in [0.29, 0.717) is 11.3 Å². The third-order valence-corrected chi connectivity index (χ3v) is 6.23. The number of hydrogen-bond acceptors (Lipinski definition) is 4. The van der Waals surface area contributed by atoms with Crippen molar-refractivity contribution in [2.75, 3.05) is 0 Å². The van der Waals surface area contributed by atoms with Crippen molar-refractivity contribution in [2.24, 2.45) is 23.0 Å². The summed E-state index contributed by atoms with van der Waals surface area (Å²) < 4.78 is 12.5. The van der Waals surface area contributed by atoms with Gasteiger partial charge in [0.25, 0.3) is 0 Å². The predicted molar refractivity (Wildman–Crippen MR) is 87.1 cm³/mol. The van der Waals surface area contributed by atoms with Crippen LogP contribution < -0.4 is 5.73 Å². The van der Waals surface area contributed by atoms with Gasteiger partial charge in [0.2, 0.25) is 0 Å². The molecule has 1 saturated heterocycles. The van der Waals surface area contributed by atoms with Gasteiger partial charge in [-0.15, -0.1) is 0 Å². The van der Waals surface area contributed by atoms with E-state index in [0.717, 1.165) is 24.4 Å². The maximum absolute atomic E-state index is 6.32. The maximum atomic E-state index is 6.32. The Kier molecular flexibility index (Phi) is 4.29. The molecule has 0 amide bonds. The van der Waals surface area contributed by atoms with E-state index < -0.39 is 0 Å². The van der Waals surface area contributed by atoms with E-state index in [4.69, 9.17) is 20.5 Å². The molecular weight excluding hydrogens is 263 g/mol. The second-order valence-corrected chi connectivity index (χ2v) is 7.39. The highest BCUT2D eigenvalue weighted by molar-refractivity contribution is 6.54. The first-order chi connectivity index (χ1) is 9.80. The fraction of sp³-hybridized carbons (Fsp3) is 0.812. The molecule has 4 fully saturated rings. The summed E-state index contributed by atoms with van der Waals surface area (Å²) in [4.78, 5) is 0. The summed E-state index contributed by atoms with van der Waals surface area (Å²) in [5.74, 6) is 1.39. The number of nitrogens with two attached hydrogens (primary N) is 1. The molecule has 5 heteroatoms. The van der Waals surface area contributed by atoms with Crippen LogP contribution in [0.25, 0.3) is 0 Å². The Morgan fingerprint density at radius 1 is 1.33 bits per heavy atom. The van der Waals surface area contributed by atoms with Crippen molar-refractivity contribution in [3.63, 3.8) is 0 Å². The maximum Gasteiger partial charge on any atom is 0.511 e. The monoisotopic (exact) mass is 292 g/mol. The quantitative estimate of drug-likeness (QED) is 0.606. The highest BCUT2D eigenvalue weighted by Crippen LogP contribution is 2.65. The van der Waals surface area contributed by atoms with Gasteiger partial charge in [-0.05, 0) is 57.1 Å². The highest BCUT2D eigenvalue weighted by atomic mass is 16.7. The number of allylic oxidation sites excluding steroid dienone is 1. The molecule has 4 aliphatic rings. The molecule has 4 rings (SSSR count). The molecular formula is C16H29BN2O2. The van der Waals surface area contributed by atoms with Gasteiger partial charge in [0.05, 0.1) is 11.7 Å². The van der Waals surface area contributed by atoms with Gasteiger partial charge in [-0.1, -0.05) is 26.3 Å². The van der Waals surface area contributed by atoms with Crippen LogP contribution in [-0.4, -0.2) is 25.5 Å². The Labute approximate surface area is 129 Å². The lowest BCUT2D eigenvalue weighted by atomic mass is 9.43. The average molecular weight is 292 g/mol. The normalized spacial score (nSPS) is 40.4. The van der Waals surface area contributed by atoms with E-state index in [1.54, 1.807) is 0 Å². The molecule has 3 aliphatic carbocycles. The summed E-state index contributed by atoms with van der Waals surface area (Å²) in [6.45, 7) is 13.7. The Hall–Kier alpha value is -0.805. The Morgan fingerprint density at radius 3 is 2.48 bits per heavy atom. The number of hydrogen-bond donors (Lipinski definition) is 2. The van der Waals surface area contributed by atoms with Gasteiger partial charge in [0, 0.05) is 5.60 Å². The Morgan fingerprint density at radius 2 is 1.95 bits per heavy atom. The highest BCUT2D eigenvalue weighted by Gasteiger charge is 2.68. The molecule has 0 aromatic carbocycles. The molecule has 2 bridgehead atoms. The van der Waals surface area contributed by atoms with Gasteiger partial charge in [-0.25, -0.2) is 0 Å². The topological polar surface area (TPSA) is 68.3 Å². The van der Waals surface area contributed by atoms with Crippen molar-refractivity contribution in [1.29, 1.82) is 5.41 Å². The molecule has 1 aliphatic heterocycles. The summed E-state index contributed by atoms with van der Waals surface area (Å²) in [5, 5.41) is 5.50. The van der Waals surface area contributed by atoms with Crippen molar-refractivity contribution in [1.82, 2.24) is 0 Å². The molecule has 0 aromatic rings. The smallest absolute Gasteiger partial charge is 0.405 e. The summed E-state index contributed by atoms with van der Waals surface area (Å²) in [7, 11) is -0.329. The molecule has 4 atom stereocenters. The minimum absolute atomic E-state index is 0.151. The van der Waals surface area contributed by atoms with Crippen LogP contribution in [-0.2, 0) is 9.31 Å². The lowest BCUT2D eigenvalue weighted by molar-refractivity contribution is -0.199. The van der Waals surface area contributed by atoms with Gasteiger partial charge in [0.15, 0.2) is 0 Å². The fourth-order valence-electron chi connectivity index (χ4n) is 4.40. The molecule has 3 N–H and O–H groups in total. The molecule has 0 aromatic heterocycles. The van der Waals surface area contributed by atoms with Crippen LogP contribution in [0.4, 0.5) is 0 Å². The molecule has 0 radical (unpaired) electrons. The van der Waals surface area contributed by atoms with Gasteiger partial charge in [-0.3, -0.25) is 0 Å². The molecule has 118 valence electrons. The predicted octanol–water partition coefficient (Wildman–Crippen LogP) is 3.16. The van der Waals surface area contributed by atoms with E-state index >= 15 is 0 Å². The van der Waals surface area contributed by atoms with Crippen LogP contribution in [0.5, 0.6) is 0 Å². The molecule has 4 nitrogen and oxygen atoms in total. The molecule has 4 unspecified atom stereocenters. The van der Waals surface area contributed by atoms with Crippen LogP contribution >= 0.6 is 0 Å². The van der Waals surface area contributed by atoms with Crippen molar-refractivity contribution in [3.05, 3.63) is 11.2 Å². The Balaban J connectivity index is 0.000000774. The van der Waals surface area contributed by atoms with Gasteiger partial charge < -0.3 is 20.5 Å². The first kappa shape index (κ1) is 16.6. The minimum atomic E-state index is -0.329. The third-order valence-electron chi connectivity index (χ3n) is 6.23. The first-order valence-electron chi connectivity index (χ1n) is 7.94. The molecule has 21 heavy (non-hydrogen) atoms. The van der Waals surface area contributed by atoms with Gasteiger partial charge >= 0.3 is 7.12 Å². The fourth-order valence-corrected chi connectivity index (χ4v) is 4.40. The summed E-state index contributed by atoms with van der Waals surface area (Å²) in [6, 6.07) is 0. The van der Waals surface area contributed by atoms with Crippen LogP contribution in [0, 0.1) is 22.7 Å². The van der Waals surface area contributed by atoms with Crippen LogP contribution in [0.1, 0.15) is 53.9 Å². The van der Waals surface area contributed by atoms with Crippen molar-refractivity contribution in [2.45, 2.75) is 65.6 Å². The van der Waals surface area contributed by atoms with Crippen LogP contribution in [0.3, 0.4) is 0 Å². The molecule has 0 spiro atoms. The third kappa shape index (κ3) is 2.25. The van der Waals surface area contributed by atoms with Crippen molar-refractivity contribution in [3.8, 4) is 0 Å². The Bertz CT molecular complexity index is 452. The summed E-state index contributed by atoms with van der Waals surface area (Å²) in [5.41, 5.74) is 8.41. The van der Waals surface area contributed by atoms with E-state index in [-0.39, 0.29) is 18.8 Å². The average Bonchev–Trinajstić information content (AvgIpc) is 2.84. The number of nitrogens with one attached hydrogen (secondary N) is 1. The SMILES string of the molecule is C=N.CCC(C)=C(N)B1OC2CC3CC(C3(C)C)C2(C)O1. The van der Waals surface area contributed by atoms with Gasteiger partial charge in [0.1, 0.15) is 0 Å². The largest absolute Gasteiger partial charge is 0.511 e. The minimum Gasteiger partial charge on any atom is -0.405 e. The van der Waals surface area contributed by atoms with E-state index in [9.17, 15) is 0 Å². The standard InChI is InChI=1S/C15H26BNO2.CH3N/c1-6-9(2)13(17)16-18-12-8-10-7-11(14(10,3)4)15(12,5)19-16;1-2/h10-12H,6-8,17H2,1-5H3;2H,1H2. The zero-order valence-electron chi connectivity index (χ0n) is 14.0. The van der Waals surface area contributed by atoms with E-state index in [2.05, 4.69) is 41.3 Å². The summed E-state index contributed by atoms with van der Waals surface area (Å²) in [6.07, 6.45) is 3.58. The van der Waals surface area contributed by atoms with Crippen LogP contribution in [0.15, 0.2) is 11.2 Å². The second kappa shape index (κ2) is 5.43. The first-order valence-corrected chi connectivity index (χ1v) is 7.94. The molecule has 3 saturated carbocycles. The van der Waals surface area contributed by atoms with Crippen molar-refractivity contribution >= 4 is 13.8 Å². The second-order valence-electron chi connectivity index (χ2n) is 7.39. The number of rotatable bonds is 2. The molecule has 1 heterocycles. The zero-order valence-corrected chi connectivity index (χ0v) is 14.0. The van der Waals surface area contributed by atoms with E-state index in [1.807, 2.05) is 0 Å². The van der Waals surface area contributed by atoms with Crippen molar-refractivity contribution < 1.29 is 9.31 Å². The van der Waals surface area contributed by atoms with E-state index in [1.165, 1.54) is 12.0 Å². The van der Waals surface area contributed by atoms with Gasteiger partial charge in [-0.2, -0.15) is 0 Å². The lowest BCUT2D eigenvalue weighted by Crippen LogP contribution is -2.65. The zero-order chi connectivity index (χ0) is 16.0. The summed E-state index contributed by atoms with van der Waals surface area (Å²) >= 11 is 0.